The third-order valence-electron chi connectivity index (χ3n) is 3.64. The van der Waals surface area contributed by atoms with E-state index in [9.17, 15) is 4.79 Å². The lowest BCUT2D eigenvalue weighted by atomic mass is 10.0. The number of nitrogens with one attached hydrogen (secondary N) is 1. The van der Waals surface area contributed by atoms with Gasteiger partial charge in [0.15, 0.2) is 0 Å². The lowest BCUT2D eigenvalue weighted by Crippen LogP contribution is -2.44. The Morgan fingerprint density at radius 2 is 2.38 bits per heavy atom. The standard InChI is InChI=1S/C13H16N4O3S/c1-19-13(2-5-20-7-13)6-17-11(18)10-8(14)9-12(21-10)16-4-3-15-9/h3-4H,2,5-7,14H2,1H3,(H,17,18). The van der Waals surface area contributed by atoms with E-state index in [4.69, 9.17) is 15.2 Å². The van der Waals surface area contributed by atoms with Crippen LogP contribution in [0.25, 0.3) is 10.3 Å². The van der Waals surface area contributed by atoms with Gasteiger partial charge in [0.25, 0.3) is 5.91 Å². The second-order valence-corrected chi connectivity index (χ2v) is 5.93. The summed E-state index contributed by atoms with van der Waals surface area (Å²) in [6, 6.07) is 0. The molecule has 0 radical (unpaired) electrons. The lowest BCUT2D eigenvalue weighted by molar-refractivity contribution is -0.0148. The van der Waals surface area contributed by atoms with Crippen LogP contribution in [0.1, 0.15) is 16.1 Å². The summed E-state index contributed by atoms with van der Waals surface area (Å²) in [5, 5.41) is 2.87. The Morgan fingerprint density at radius 1 is 1.57 bits per heavy atom. The third kappa shape index (κ3) is 2.57. The van der Waals surface area contributed by atoms with Crippen LogP contribution >= 0.6 is 11.3 Å². The Kier molecular flexibility index (Phi) is 3.75. The van der Waals surface area contributed by atoms with Crippen LogP contribution in [-0.4, -0.2) is 48.3 Å². The summed E-state index contributed by atoms with van der Waals surface area (Å²) in [7, 11) is 1.63. The van der Waals surface area contributed by atoms with Gasteiger partial charge >= 0.3 is 0 Å². The molecule has 8 heteroatoms. The highest BCUT2D eigenvalue weighted by Crippen LogP contribution is 2.30. The van der Waals surface area contributed by atoms with Crippen molar-refractivity contribution >= 4 is 33.3 Å². The number of amides is 1. The monoisotopic (exact) mass is 308 g/mol. The molecule has 0 aliphatic carbocycles. The number of hydrogen-bond acceptors (Lipinski definition) is 7. The summed E-state index contributed by atoms with van der Waals surface area (Å²) in [5.41, 5.74) is 6.47. The number of methoxy groups -OCH3 is 1. The Labute approximate surface area is 125 Å². The molecule has 1 atom stereocenters. The van der Waals surface area contributed by atoms with Gasteiger partial charge in [0.2, 0.25) is 0 Å². The summed E-state index contributed by atoms with van der Waals surface area (Å²) in [6.45, 7) is 1.51. The SMILES string of the molecule is COC1(CNC(=O)c2sc3nccnc3c2N)CCOC1. The molecule has 3 N–H and O–H groups in total. The molecule has 21 heavy (non-hydrogen) atoms. The van der Waals surface area contributed by atoms with Crippen LogP contribution < -0.4 is 11.1 Å². The van der Waals surface area contributed by atoms with Crippen LogP contribution in [0.15, 0.2) is 12.4 Å². The van der Waals surface area contributed by atoms with Crippen LogP contribution in [0.3, 0.4) is 0 Å². The van der Waals surface area contributed by atoms with E-state index in [1.807, 2.05) is 0 Å². The molecule has 0 spiro atoms. The molecule has 2 aromatic heterocycles. The van der Waals surface area contributed by atoms with Gasteiger partial charge in [-0.1, -0.05) is 0 Å². The molecule has 1 aliphatic heterocycles. The van der Waals surface area contributed by atoms with Gasteiger partial charge in [-0.05, 0) is 0 Å². The van der Waals surface area contributed by atoms with E-state index >= 15 is 0 Å². The number of ether oxygens (including phenoxy) is 2. The number of fused-ring (bicyclic) bond motifs is 1. The normalized spacial score (nSPS) is 21.8. The molecule has 1 aliphatic rings. The quantitative estimate of drug-likeness (QED) is 0.867. The maximum absolute atomic E-state index is 12.3. The average molecular weight is 308 g/mol. The zero-order valence-electron chi connectivity index (χ0n) is 11.6. The van der Waals surface area contributed by atoms with Crippen LogP contribution in [0.5, 0.6) is 0 Å². The van der Waals surface area contributed by atoms with Crippen molar-refractivity contribution in [2.75, 3.05) is 32.6 Å². The smallest absolute Gasteiger partial charge is 0.263 e. The van der Waals surface area contributed by atoms with E-state index in [2.05, 4.69) is 15.3 Å². The largest absolute Gasteiger partial charge is 0.396 e. The minimum absolute atomic E-state index is 0.236. The zero-order chi connectivity index (χ0) is 14.9. The summed E-state index contributed by atoms with van der Waals surface area (Å²) in [4.78, 5) is 21.7. The molecular weight excluding hydrogens is 292 g/mol. The molecule has 1 amide bonds. The first-order valence-electron chi connectivity index (χ1n) is 6.55. The van der Waals surface area contributed by atoms with Gasteiger partial charge in [-0.25, -0.2) is 9.97 Å². The van der Waals surface area contributed by atoms with Gasteiger partial charge < -0.3 is 20.5 Å². The van der Waals surface area contributed by atoms with Crippen LogP contribution in [0, 0.1) is 0 Å². The first kappa shape index (κ1) is 14.2. The van der Waals surface area contributed by atoms with Gasteiger partial charge in [-0.2, -0.15) is 0 Å². The molecular formula is C13H16N4O3S. The number of rotatable bonds is 4. The van der Waals surface area contributed by atoms with Gasteiger partial charge in [-0.15, -0.1) is 11.3 Å². The Hall–Kier alpha value is -1.77. The van der Waals surface area contributed by atoms with Crippen molar-refractivity contribution in [1.82, 2.24) is 15.3 Å². The van der Waals surface area contributed by atoms with E-state index in [0.29, 0.717) is 40.7 Å². The number of carbonyl (C=O) groups excluding carboxylic acids is 1. The van der Waals surface area contributed by atoms with E-state index in [-0.39, 0.29) is 5.91 Å². The molecule has 0 bridgehead atoms. The second kappa shape index (κ2) is 5.55. The number of anilines is 1. The number of aromatic nitrogens is 2. The molecule has 3 rings (SSSR count). The molecule has 1 fully saturated rings. The minimum atomic E-state index is -0.447. The molecule has 7 nitrogen and oxygen atoms in total. The fraction of sp³-hybridized carbons (Fsp3) is 0.462. The van der Waals surface area contributed by atoms with Crippen LogP contribution in [0.2, 0.25) is 0 Å². The Balaban J connectivity index is 1.76. The maximum Gasteiger partial charge on any atom is 0.263 e. The minimum Gasteiger partial charge on any atom is -0.396 e. The number of nitrogens with two attached hydrogens (primary N) is 1. The van der Waals surface area contributed by atoms with E-state index in [1.165, 1.54) is 11.3 Å². The average Bonchev–Trinajstić information content (AvgIpc) is 3.11. The molecule has 112 valence electrons. The molecule has 0 aromatic carbocycles. The number of nitrogen functional groups attached to an aromatic ring is 1. The van der Waals surface area contributed by atoms with Gasteiger partial charge in [0.1, 0.15) is 20.8 Å². The molecule has 2 aromatic rings. The molecule has 1 saturated heterocycles. The summed E-state index contributed by atoms with van der Waals surface area (Å²) in [6.07, 6.45) is 3.90. The fourth-order valence-electron chi connectivity index (χ4n) is 2.30. The molecule has 1 unspecified atom stereocenters. The van der Waals surface area contributed by atoms with Crippen molar-refractivity contribution < 1.29 is 14.3 Å². The van der Waals surface area contributed by atoms with Crippen LogP contribution in [0.4, 0.5) is 5.69 Å². The number of carbonyl (C=O) groups is 1. The van der Waals surface area contributed by atoms with Crippen molar-refractivity contribution in [3.05, 3.63) is 17.3 Å². The highest BCUT2D eigenvalue weighted by atomic mass is 32.1. The summed E-state index contributed by atoms with van der Waals surface area (Å²) < 4.78 is 10.8. The highest BCUT2D eigenvalue weighted by Gasteiger charge is 2.35. The van der Waals surface area contributed by atoms with Crippen molar-refractivity contribution in [2.24, 2.45) is 0 Å². The number of thiophene rings is 1. The van der Waals surface area contributed by atoms with Gasteiger partial charge in [-0.3, -0.25) is 4.79 Å². The van der Waals surface area contributed by atoms with Gasteiger partial charge in [0.05, 0.1) is 12.3 Å². The van der Waals surface area contributed by atoms with Crippen molar-refractivity contribution in [1.29, 1.82) is 0 Å². The summed E-state index contributed by atoms with van der Waals surface area (Å²) in [5.74, 6) is -0.236. The van der Waals surface area contributed by atoms with Crippen molar-refractivity contribution in [3.63, 3.8) is 0 Å². The predicted octanol–water partition coefficient (Wildman–Crippen LogP) is 0.809. The summed E-state index contributed by atoms with van der Waals surface area (Å²) >= 11 is 1.24. The Bertz CT molecular complexity index is 666. The van der Waals surface area contributed by atoms with E-state index < -0.39 is 5.60 Å². The molecule has 0 saturated carbocycles. The van der Waals surface area contributed by atoms with Crippen molar-refractivity contribution in [3.8, 4) is 0 Å². The molecule has 3 heterocycles. The first-order chi connectivity index (χ1) is 10.2. The van der Waals surface area contributed by atoms with E-state index in [0.717, 1.165) is 6.42 Å². The third-order valence-corrected chi connectivity index (χ3v) is 4.74. The second-order valence-electron chi connectivity index (χ2n) is 4.93. The van der Waals surface area contributed by atoms with Crippen molar-refractivity contribution in [2.45, 2.75) is 12.0 Å². The van der Waals surface area contributed by atoms with Crippen LogP contribution in [-0.2, 0) is 9.47 Å². The van der Waals surface area contributed by atoms with Gasteiger partial charge in [0, 0.05) is 39.1 Å². The first-order valence-corrected chi connectivity index (χ1v) is 7.37. The lowest BCUT2D eigenvalue weighted by Gasteiger charge is -2.25. The highest BCUT2D eigenvalue weighted by molar-refractivity contribution is 7.21. The maximum atomic E-state index is 12.3. The Morgan fingerprint density at radius 3 is 3.05 bits per heavy atom. The predicted molar refractivity (Wildman–Crippen MR) is 79.3 cm³/mol. The van der Waals surface area contributed by atoms with E-state index in [1.54, 1.807) is 19.5 Å². The number of hydrogen-bond donors (Lipinski definition) is 2. The number of nitrogens with zero attached hydrogens (tertiary/aromatic N) is 2. The fourth-order valence-corrected chi connectivity index (χ4v) is 3.23. The topological polar surface area (TPSA) is 99.4 Å². The zero-order valence-corrected chi connectivity index (χ0v) is 12.4.